The smallest absolute Gasteiger partial charge is 0.326 e. The monoisotopic (exact) mass is 476 g/mol. The average Bonchev–Trinajstić information content (AvgIpc) is 3.06. The maximum atomic E-state index is 15.1. The lowest BCUT2D eigenvalue weighted by Gasteiger charge is -2.34. The van der Waals surface area contributed by atoms with Crippen molar-refractivity contribution in [1.29, 1.82) is 0 Å². The molecule has 2 aliphatic heterocycles. The number of hydrogen-bond donors (Lipinski definition) is 2. The van der Waals surface area contributed by atoms with E-state index < -0.39 is 29.2 Å². The Bertz CT molecular complexity index is 1100. The molecule has 1 atom stereocenters. The summed E-state index contributed by atoms with van der Waals surface area (Å²) in [6, 6.07) is 1.85. The lowest BCUT2D eigenvalue weighted by molar-refractivity contribution is -0.146. The maximum absolute atomic E-state index is 15.1. The van der Waals surface area contributed by atoms with E-state index in [1.807, 2.05) is 0 Å². The van der Waals surface area contributed by atoms with Gasteiger partial charge in [0.25, 0.3) is 5.91 Å². The van der Waals surface area contributed by atoms with Crippen molar-refractivity contribution in [2.45, 2.75) is 52.2 Å². The molecule has 10 heteroatoms. The molecule has 0 bridgehead atoms. The fraction of sp³-hybridized carbons (Fsp3) is 0.478. The number of nitrogens with zero attached hydrogens (tertiary/aromatic N) is 3. The summed E-state index contributed by atoms with van der Waals surface area (Å²) in [6.45, 7) is 6.40. The molecule has 1 fully saturated rings. The van der Waals surface area contributed by atoms with Crippen molar-refractivity contribution in [2.75, 3.05) is 18.5 Å². The lowest BCUT2D eigenvalue weighted by Crippen LogP contribution is -2.49. The highest BCUT2D eigenvalue weighted by Gasteiger charge is 2.44. The zero-order chi connectivity index (χ0) is 23.9. The minimum atomic E-state index is -1.13. The molecule has 176 valence electrons. The van der Waals surface area contributed by atoms with Crippen molar-refractivity contribution in [1.82, 2.24) is 14.9 Å². The van der Waals surface area contributed by atoms with Gasteiger partial charge >= 0.3 is 5.97 Å². The van der Waals surface area contributed by atoms with Crippen molar-refractivity contribution in [3.8, 4) is 11.3 Å². The SMILES string of the molecule is CC(C)(C)C(C(=O)O)N1Cc2c(F)cc(-c3nc(NC4CCOCC4)ncc3Cl)cc2C1=O. The van der Waals surface area contributed by atoms with Gasteiger partial charge in [-0.15, -0.1) is 0 Å². The van der Waals surface area contributed by atoms with Gasteiger partial charge in [0.1, 0.15) is 11.9 Å². The molecule has 33 heavy (non-hydrogen) atoms. The molecule has 3 heterocycles. The van der Waals surface area contributed by atoms with Gasteiger partial charge in [0.2, 0.25) is 5.95 Å². The molecule has 0 aliphatic carbocycles. The van der Waals surface area contributed by atoms with Crippen LogP contribution in [0, 0.1) is 11.2 Å². The Balaban J connectivity index is 1.67. The number of hydrogen-bond acceptors (Lipinski definition) is 6. The minimum absolute atomic E-state index is 0.109. The van der Waals surface area contributed by atoms with E-state index in [-0.39, 0.29) is 28.7 Å². The molecular formula is C23H26ClFN4O4. The molecule has 0 spiro atoms. The van der Waals surface area contributed by atoms with Crippen LogP contribution in [0.4, 0.5) is 10.3 Å². The molecule has 1 amide bonds. The topological polar surface area (TPSA) is 105 Å². The van der Waals surface area contributed by atoms with E-state index in [0.29, 0.717) is 30.4 Å². The van der Waals surface area contributed by atoms with E-state index in [2.05, 4.69) is 15.3 Å². The Labute approximate surface area is 196 Å². The van der Waals surface area contributed by atoms with E-state index in [9.17, 15) is 14.7 Å². The van der Waals surface area contributed by atoms with Crippen LogP contribution >= 0.6 is 11.6 Å². The number of benzene rings is 1. The van der Waals surface area contributed by atoms with Crippen LogP contribution < -0.4 is 5.32 Å². The molecule has 2 aliphatic rings. The second-order valence-corrected chi connectivity index (χ2v) is 9.85. The number of ether oxygens (including phenoxy) is 1. The summed E-state index contributed by atoms with van der Waals surface area (Å²) in [5.41, 5.74) is 0.175. The number of anilines is 1. The third-order valence-corrected chi connectivity index (χ3v) is 6.23. The number of halogens is 2. The van der Waals surface area contributed by atoms with Gasteiger partial charge in [-0.1, -0.05) is 32.4 Å². The number of carboxylic acid groups (broad SMARTS) is 1. The van der Waals surface area contributed by atoms with Gasteiger partial charge in [-0.05, 0) is 30.4 Å². The quantitative estimate of drug-likeness (QED) is 0.672. The number of aromatic nitrogens is 2. The van der Waals surface area contributed by atoms with Crippen LogP contribution in [0.25, 0.3) is 11.3 Å². The number of amides is 1. The first-order valence-corrected chi connectivity index (χ1v) is 11.2. The fourth-order valence-electron chi connectivity index (χ4n) is 4.37. The summed E-state index contributed by atoms with van der Waals surface area (Å²) in [4.78, 5) is 35.0. The first-order chi connectivity index (χ1) is 15.6. The summed E-state index contributed by atoms with van der Waals surface area (Å²) in [5.74, 6) is -1.91. The summed E-state index contributed by atoms with van der Waals surface area (Å²) in [6.07, 6.45) is 3.07. The van der Waals surface area contributed by atoms with E-state index in [4.69, 9.17) is 16.3 Å². The van der Waals surface area contributed by atoms with Crippen LogP contribution in [0.3, 0.4) is 0 Å². The van der Waals surface area contributed by atoms with Crippen LogP contribution in [-0.4, -0.2) is 57.1 Å². The Morgan fingerprint density at radius 3 is 2.67 bits per heavy atom. The zero-order valence-electron chi connectivity index (χ0n) is 18.7. The third-order valence-electron chi connectivity index (χ3n) is 5.95. The fourth-order valence-corrected chi connectivity index (χ4v) is 4.57. The number of fused-ring (bicyclic) bond motifs is 1. The molecule has 2 N–H and O–H groups in total. The van der Waals surface area contributed by atoms with Crippen molar-refractivity contribution < 1.29 is 23.8 Å². The van der Waals surface area contributed by atoms with E-state index in [1.54, 1.807) is 20.8 Å². The molecule has 1 saturated heterocycles. The summed E-state index contributed by atoms with van der Waals surface area (Å²) >= 11 is 6.33. The standard InChI is InChI=1S/C23H26ClFN4O4/c1-23(2,3)19(21(31)32)29-11-15-14(20(29)30)8-12(9-17(15)25)18-16(24)10-26-22(28-18)27-13-4-6-33-7-5-13/h8-10,13,19H,4-7,11H2,1-3H3,(H,31,32)(H,26,27,28). The highest BCUT2D eigenvalue weighted by Crippen LogP contribution is 2.37. The van der Waals surface area contributed by atoms with Gasteiger partial charge < -0.3 is 20.1 Å². The van der Waals surface area contributed by atoms with Crippen molar-refractivity contribution in [2.24, 2.45) is 5.41 Å². The number of carbonyl (C=O) groups is 2. The van der Waals surface area contributed by atoms with Crippen LogP contribution in [0.5, 0.6) is 0 Å². The second kappa shape index (κ2) is 8.87. The molecule has 1 aromatic carbocycles. The predicted molar refractivity (Wildman–Crippen MR) is 121 cm³/mol. The Hall–Kier alpha value is -2.78. The molecule has 8 nitrogen and oxygen atoms in total. The Kier molecular flexibility index (Phi) is 6.28. The van der Waals surface area contributed by atoms with Gasteiger partial charge in [-0.25, -0.2) is 19.2 Å². The largest absolute Gasteiger partial charge is 0.480 e. The highest BCUT2D eigenvalue weighted by molar-refractivity contribution is 6.33. The second-order valence-electron chi connectivity index (χ2n) is 9.45. The molecular weight excluding hydrogens is 451 g/mol. The summed E-state index contributed by atoms with van der Waals surface area (Å²) in [7, 11) is 0. The zero-order valence-corrected chi connectivity index (χ0v) is 19.4. The minimum Gasteiger partial charge on any atom is -0.480 e. The number of nitrogens with one attached hydrogen (secondary N) is 1. The predicted octanol–water partition coefficient (Wildman–Crippen LogP) is 3.98. The highest BCUT2D eigenvalue weighted by atomic mass is 35.5. The summed E-state index contributed by atoms with van der Waals surface area (Å²) < 4.78 is 20.5. The first-order valence-electron chi connectivity index (χ1n) is 10.8. The van der Waals surface area contributed by atoms with E-state index in [0.717, 1.165) is 12.8 Å². The first kappa shape index (κ1) is 23.4. The van der Waals surface area contributed by atoms with Crippen molar-refractivity contribution in [3.63, 3.8) is 0 Å². The summed E-state index contributed by atoms with van der Waals surface area (Å²) in [5, 5.41) is 13.2. The normalized spacial score (nSPS) is 17.7. The van der Waals surface area contributed by atoms with Gasteiger partial charge in [0, 0.05) is 35.9 Å². The van der Waals surface area contributed by atoms with Crippen LogP contribution in [0.1, 0.15) is 49.5 Å². The molecule has 2 aromatic rings. The van der Waals surface area contributed by atoms with E-state index in [1.165, 1.54) is 23.2 Å². The Morgan fingerprint density at radius 2 is 2.03 bits per heavy atom. The molecule has 1 aromatic heterocycles. The van der Waals surface area contributed by atoms with Gasteiger partial charge in [0.05, 0.1) is 23.5 Å². The van der Waals surface area contributed by atoms with Gasteiger partial charge in [0.15, 0.2) is 0 Å². The maximum Gasteiger partial charge on any atom is 0.326 e. The van der Waals surface area contributed by atoms with Crippen molar-refractivity contribution in [3.05, 3.63) is 40.3 Å². The number of aliphatic carboxylic acids is 1. The van der Waals surface area contributed by atoms with Crippen LogP contribution in [0.15, 0.2) is 18.3 Å². The molecule has 0 saturated carbocycles. The number of rotatable bonds is 5. The van der Waals surface area contributed by atoms with Gasteiger partial charge in [-0.2, -0.15) is 0 Å². The number of carbonyl (C=O) groups excluding carboxylic acids is 1. The number of carboxylic acids is 1. The van der Waals surface area contributed by atoms with E-state index >= 15 is 4.39 Å². The van der Waals surface area contributed by atoms with Crippen LogP contribution in [-0.2, 0) is 16.1 Å². The van der Waals surface area contributed by atoms with Gasteiger partial charge in [-0.3, -0.25) is 4.79 Å². The third kappa shape index (κ3) is 4.65. The lowest BCUT2D eigenvalue weighted by atomic mass is 9.85. The molecule has 1 unspecified atom stereocenters. The van der Waals surface area contributed by atoms with Crippen molar-refractivity contribution >= 4 is 29.4 Å². The average molecular weight is 477 g/mol. The Morgan fingerprint density at radius 1 is 1.33 bits per heavy atom. The molecule has 4 rings (SSSR count). The van der Waals surface area contributed by atoms with Crippen LogP contribution in [0.2, 0.25) is 5.02 Å². The molecule has 0 radical (unpaired) electrons.